The van der Waals surface area contributed by atoms with E-state index in [9.17, 15) is 28.8 Å². The van der Waals surface area contributed by atoms with E-state index in [1.54, 1.807) is 85.9 Å². The molecular weight excluding hydrogens is 684 g/mol. The van der Waals surface area contributed by atoms with E-state index in [1.807, 2.05) is 0 Å². The van der Waals surface area contributed by atoms with Crippen LogP contribution in [-0.2, 0) is 36.0 Å². The van der Waals surface area contributed by atoms with Crippen molar-refractivity contribution in [2.24, 2.45) is 27.1 Å². The number of carbonyl (C=O) groups excluding carboxylic acids is 6. The van der Waals surface area contributed by atoms with Gasteiger partial charge in [0.05, 0.1) is 35.2 Å². The molecule has 1 spiro atoms. The largest absolute Gasteiger partial charge is 0.465 e. The Kier molecular flexibility index (Phi) is 8.04. The summed E-state index contributed by atoms with van der Waals surface area (Å²) in [5, 5.41) is 8.24. The third kappa shape index (κ3) is 5.89. The number of aromatic nitrogens is 4. The highest BCUT2D eigenvalue weighted by atomic mass is 16.6. The second-order valence-corrected chi connectivity index (χ2v) is 14.8. The molecule has 2 aliphatic carbocycles. The van der Waals surface area contributed by atoms with E-state index in [1.165, 1.54) is 31.5 Å². The number of fused-ring (bicyclic) bond motifs is 1. The lowest BCUT2D eigenvalue weighted by atomic mass is 9.82. The standard InChI is InChI=1S/C37H40N8O8/c1-18-28(34(50)52-8)29-30(38-18)24(46)12-25-37(29)13-21(37)16-45(25)33(49)23-9-19(14-42(23)5)31(47)40-26-10-20(15-43(26)6)32(48)41-27-11-22(17-44(27)7)39-35(51)53-36(2,3)4/h9-12,14-15,17,21,38H,13,16H2,1-8H3,(H,39,51)(H,40,47)(H,41,48)/t21-,37+/m1/s1. The molecule has 16 nitrogen and oxygen atoms in total. The summed E-state index contributed by atoms with van der Waals surface area (Å²) in [7, 11) is 6.33. The first-order valence-electron chi connectivity index (χ1n) is 16.9. The molecule has 3 aliphatic rings. The first-order chi connectivity index (χ1) is 24.9. The van der Waals surface area contributed by atoms with Gasteiger partial charge in [-0.1, -0.05) is 0 Å². The molecule has 0 unspecified atom stereocenters. The molecule has 4 aromatic heterocycles. The fourth-order valence-corrected chi connectivity index (χ4v) is 7.47. The molecule has 276 valence electrons. The maximum Gasteiger partial charge on any atom is 0.412 e. The normalized spacial score (nSPS) is 18.4. The molecule has 4 amide bonds. The number of aromatic amines is 1. The molecule has 1 saturated heterocycles. The number of H-pyrrole nitrogens is 1. The van der Waals surface area contributed by atoms with Crippen LogP contribution >= 0.6 is 0 Å². The molecule has 0 radical (unpaired) electrons. The third-order valence-corrected chi connectivity index (χ3v) is 9.93. The number of hydrogen-bond donors (Lipinski definition) is 4. The summed E-state index contributed by atoms with van der Waals surface area (Å²) in [6, 6.07) is 4.60. The van der Waals surface area contributed by atoms with Gasteiger partial charge in [0.15, 0.2) is 0 Å². The Balaban J connectivity index is 1.04. The fourth-order valence-electron chi connectivity index (χ4n) is 7.47. The SMILES string of the molecule is COC(=O)c1c(C)[nH]c2c1[C@@]13C[C@@H]1CN(C(=O)c1cc(C(=O)Nc4cc(C(=O)Nc5cc(NC(=O)OC(C)(C)C)cn5C)cn4C)cn1C)C3=CC2=O. The van der Waals surface area contributed by atoms with Crippen LogP contribution < -0.4 is 16.0 Å². The Morgan fingerprint density at radius 2 is 1.51 bits per heavy atom. The van der Waals surface area contributed by atoms with Gasteiger partial charge in [-0.15, -0.1) is 0 Å². The van der Waals surface area contributed by atoms with Crippen LogP contribution in [0.5, 0.6) is 0 Å². The Morgan fingerprint density at radius 3 is 2.17 bits per heavy atom. The molecule has 0 aromatic carbocycles. The molecule has 4 aromatic rings. The van der Waals surface area contributed by atoms with Gasteiger partial charge in [0.25, 0.3) is 17.7 Å². The molecule has 0 bridgehead atoms. The molecular formula is C37H40N8O8. The van der Waals surface area contributed by atoms with Gasteiger partial charge >= 0.3 is 12.1 Å². The van der Waals surface area contributed by atoms with E-state index in [0.29, 0.717) is 58.5 Å². The maximum atomic E-state index is 14.0. The minimum Gasteiger partial charge on any atom is -0.465 e. The van der Waals surface area contributed by atoms with Gasteiger partial charge in [-0.2, -0.15) is 0 Å². The average molecular weight is 725 g/mol. The van der Waals surface area contributed by atoms with Crippen molar-refractivity contribution in [1.29, 1.82) is 0 Å². The van der Waals surface area contributed by atoms with Crippen molar-refractivity contribution in [1.82, 2.24) is 23.6 Å². The number of piperidine rings is 1. The number of nitrogens with one attached hydrogen (secondary N) is 4. The zero-order chi connectivity index (χ0) is 38.3. The lowest BCUT2D eigenvalue weighted by Gasteiger charge is -2.28. The lowest BCUT2D eigenvalue weighted by molar-refractivity contribution is 0.0595. The Bertz CT molecular complexity index is 2310. The summed E-state index contributed by atoms with van der Waals surface area (Å²) in [6.45, 7) is 7.35. The predicted molar refractivity (Wildman–Crippen MR) is 192 cm³/mol. The molecule has 7 rings (SSSR count). The summed E-state index contributed by atoms with van der Waals surface area (Å²) in [6.07, 6.45) is 6.27. The van der Waals surface area contributed by atoms with Gasteiger partial charge < -0.3 is 43.7 Å². The number of ketones is 1. The van der Waals surface area contributed by atoms with Gasteiger partial charge in [-0.25, -0.2) is 9.59 Å². The van der Waals surface area contributed by atoms with Crippen LogP contribution in [0, 0.1) is 12.8 Å². The Hall–Kier alpha value is -6.32. The summed E-state index contributed by atoms with van der Waals surface area (Å²) >= 11 is 0. The van der Waals surface area contributed by atoms with Gasteiger partial charge in [-0.3, -0.25) is 24.5 Å². The number of anilines is 3. The topological polar surface area (TPSA) is 191 Å². The van der Waals surface area contributed by atoms with Crippen LogP contribution in [0.25, 0.3) is 0 Å². The second kappa shape index (κ2) is 12.1. The van der Waals surface area contributed by atoms with E-state index in [0.717, 1.165) is 0 Å². The molecule has 2 atom stereocenters. The smallest absolute Gasteiger partial charge is 0.412 e. The average Bonchev–Trinajstić information content (AvgIpc) is 3.55. The molecule has 1 aliphatic heterocycles. The summed E-state index contributed by atoms with van der Waals surface area (Å²) in [5.74, 6) is -1.42. The second-order valence-electron chi connectivity index (χ2n) is 14.8. The molecule has 53 heavy (non-hydrogen) atoms. The predicted octanol–water partition coefficient (Wildman–Crippen LogP) is 4.47. The van der Waals surface area contributed by atoms with Crippen molar-refractivity contribution >= 4 is 52.9 Å². The number of amides is 4. The molecule has 4 N–H and O–H groups in total. The van der Waals surface area contributed by atoms with Crippen LogP contribution in [0.1, 0.15) is 90.5 Å². The summed E-state index contributed by atoms with van der Waals surface area (Å²) in [4.78, 5) is 83.5. The summed E-state index contributed by atoms with van der Waals surface area (Å²) in [5.41, 5.74) is 2.19. The van der Waals surface area contributed by atoms with E-state index >= 15 is 0 Å². The van der Waals surface area contributed by atoms with Crippen molar-refractivity contribution in [2.45, 2.75) is 45.1 Å². The molecule has 5 heterocycles. The number of aryl methyl sites for hydroxylation is 4. The number of ether oxygens (including phenoxy) is 2. The van der Waals surface area contributed by atoms with Gasteiger partial charge in [0, 0.05) is 80.8 Å². The third-order valence-electron chi connectivity index (χ3n) is 9.93. The fraction of sp³-hybridized carbons (Fsp3) is 0.351. The quantitative estimate of drug-likeness (QED) is 0.201. The van der Waals surface area contributed by atoms with E-state index in [4.69, 9.17) is 9.47 Å². The number of methoxy groups -OCH3 is 1. The number of hydrogen-bond acceptors (Lipinski definition) is 8. The van der Waals surface area contributed by atoms with Crippen molar-refractivity contribution in [2.75, 3.05) is 29.6 Å². The van der Waals surface area contributed by atoms with Gasteiger partial charge in [0.1, 0.15) is 22.9 Å². The van der Waals surface area contributed by atoms with Crippen LogP contribution in [0.15, 0.2) is 48.6 Å². The molecule has 2 fully saturated rings. The number of likely N-dealkylation sites (tertiary alicyclic amines) is 1. The highest BCUT2D eigenvalue weighted by Crippen LogP contribution is 2.67. The van der Waals surface area contributed by atoms with E-state index < -0.39 is 34.9 Å². The van der Waals surface area contributed by atoms with Crippen LogP contribution in [0.2, 0.25) is 0 Å². The number of esters is 1. The van der Waals surface area contributed by atoms with Gasteiger partial charge in [0.2, 0.25) is 5.78 Å². The zero-order valence-electron chi connectivity index (χ0n) is 30.6. The zero-order valence-corrected chi connectivity index (χ0v) is 30.6. The van der Waals surface area contributed by atoms with Crippen molar-refractivity contribution in [3.8, 4) is 0 Å². The monoisotopic (exact) mass is 724 g/mol. The molecule has 16 heteroatoms. The van der Waals surface area contributed by atoms with Crippen LogP contribution in [-0.4, -0.2) is 78.4 Å². The minimum absolute atomic E-state index is 0.0208. The van der Waals surface area contributed by atoms with Crippen molar-refractivity contribution in [3.05, 3.63) is 87.9 Å². The molecule has 1 saturated carbocycles. The maximum absolute atomic E-state index is 14.0. The number of allylic oxidation sites excluding steroid dienone is 2. The van der Waals surface area contributed by atoms with Crippen molar-refractivity contribution in [3.63, 3.8) is 0 Å². The van der Waals surface area contributed by atoms with Gasteiger partial charge in [-0.05, 0) is 52.2 Å². The Labute approximate surface area is 304 Å². The van der Waals surface area contributed by atoms with E-state index in [-0.39, 0.29) is 34.4 Å². The lowest BCUT2D eigenvalue weighted by Crippen LogP contribution is -2.35. The Morgan fingerprint density at radius 1 is 0.887 bits per heavy atom. The van der Waals surface area contributed by atoms with E-state index in [2.05, 4.69) is 20.9 Å². The number of nitrogens with zero attached hydrogens (tertiary/aromatic N) is 4. The number of carbonyl (C=O) groups is 6. The first-order valence-corrected chi connectivity index (χ1v) is 16.9. The van der Waals surface area contributed by atoms with Crippen LogP contribution in [0.4, 0.5) is 22.1 Å². The van der Waals surface area contributed by atoms with Crippen molar-refractivity contribution < 1.29 is 38.2 Å². The minimum atomic E-state index is -0.669. The first kappa shape index (κ1) is 35.1. The number of rotatable bonds is 7. The highest BCUT2D eigenvalue weighted by Gasteiger charge is 2.69. The highest BCUT2D eigenvalue weighted by molar-refractivity contribution is 6.12. The summed E-state index contributed by atoms with van der Waals surface area (Å²) < 4.78 is 15.1. The van der Waals surface area contributed by atoms with Crippen LogP contribution in [0.3, 0.4) is 0 Å².